The van der Waals surface area contributed by atoms with Gasteiger partial charge in [0.1, 0.15) is 23.4 Å². The number of amides is 3. The average molecular weight is 522 g/mol. The summed E-state index contributed by atoms with van der Waals surface area (Å²) in [5, 5.41) is 27.4. The summed E-state index contributed by atoms with van der Waals surface area (Å²) >= 11 is 0. The summed E-state index contributed by atoms with van der Waals surface area (Å²) in [5.74, 6) is -1.29. The number of hydrogen-bond acceptors (Lipinski definition) is 6. The third-order valence-electron chi connectivity index (χ3n) is 5.71. The zero-order valence-electron chi connectivity index (χ0n) is 22.3. The number of fused-ring (bicyclic) bond motifs is 1. The summed E-state index contributed by atoms with van der Waals surface area (Å²) in [4.78, 5) is 41.1. The van der Waals surface area contributed by atoms with Crippen molar-refractivity contribution in [2.45, 2.75) is 58.3 Å². The average Bonchev–Trinajstić information content (AvgIpc) is 2.83. The van der Waals surface area contributed by atoms with Gasteiger partial charge in [0.15, 0.2) is 0 Å². The van der Waals surface area contributed by atoms with E-state index < -0.39 is 48.2 Å². The van der Waals surface area contributed by atoms with E-state index in [-0.39, 0.29) is 5.75 Å². The Kier molecular flexibility index (Phi) is 8.96. The first-order chi connectivity index (χ1) is 17.9. The lowest BCUT2D eigenvalue weighted by Crippen LogP contribution is -2.55. The van der Waals surface area contributed by atoms with Gasteiger partial charge in [-0.25, -0.2) is 4.79 Å². The minimum Gasteiger partial charge on any atom is -0.508 e. The summed E-state index contributed by atoms with van der Waals surface area (Å²) in [6.45, 7) is 7.77. The highest BCUT2D eigenvalue weighted by Crippen LogP contribution is 2.29. The molecule has 3 aromatic carbocycles. The number of carbonyl (C=O) groups excluding carboxylic acids is 3. The van der Waals surface area contributed by atoms with E-state index in [0.717, 1.165) is 10.8 Å². The number of hydrogen-bond donors (Lipinski definition) is 4. The van der Waals surface area contributed by atoms with Crippen LogP contribution in [0.3, 0.4) is 0 Å². The van der Waals surface area contributed by atoms with Crippen LogP contribution in [0.2, 0.25) is 0 Å². The Morgan fingerprint density at radius 1 is 0.947 bits per heavy atom. The van der Waals surface area contributed by atoms with Crippen molar-refractivity contribution in [2.24, 2.45) is 0 Å². The molecule has 3 aromatic rings. The van der Waals surface area contributed by atoms with Gasteiger partial charge < -0.3 is 30.5 Å². The van der Waals surface area contributed by atoms with E-state index in [1.807, 2.05) is 36.4 Å². The molecule has 0 heterocycles. The Bertz CT molecular complexity index is 1300. The van der Waals surface area contributed by atoms with Crippen LogP contribution in [0, 0.1) is 0 Å². The number of nitrogens with zero attached hydrogens (tertiary/aromatic N) is 1. The lowest BCUT2D eigenvalue weighted by Gasteiger charge is -2.36. The third-order valence-corrected chi connectivity index (χ3v) is 5.71. The first-order valence-electron chi connectivity index (χ1n) is 12.4. The summed E-state index contributed by atoms with van der Waals surface area (Å²) < 4.78 is 5.24. The SMILES string of the molecule is CC(C)N(C(=O)C(CO)NC(=O)OC(C)(C)C)C(C(=O)Nc1ccc2ccccc2c1)c1cccc(O)c1. The number of aromatic hydroxyl groups is 1. The molecule has 0 fully saturated rings. The number of aliphatic hydroxyl groups is 1. The second kappa shape index (κ2) is 12.0. The van der Waals surface area contributed by atoms with Crippen LogP contribution >= 0.6 is 0 Å². The molecule has 4 N–H and O–H groups in total. The normalized spacial score (nSPS) is 13.0. The molecule has 2 unspecified atom stereocenters. The largest absolute Gasteiger partial charge is 0.508 e. The maximum atomic E-state index is 13.8. The third kappa shape index (κ3) is 7.23. The molecule has 0 aliphatic heterocycles. The fraction of sp³-hybridized carbons (Fsp3) is 0.345. The van der Waals surface area contributed by atoms with Gasteiger partial charge in [0, 0.05) is 11.7 Å². The van der Waals surface area contributed by atoms with Crippen LogP contribution in [-0.4, -0.2) is 57.3 Å². The van der Waals surface area contributed by atoms with E-state index in [1.54, 1.807) is 52.8 Å². The monoisotopic (exact) mass is 521 g/mol. The zero-order valence-corrected chi connectivity index (χ0v) is 22.3. The molecule has 0 saturated heterocycles. The smallest absolute Gasteiger partial charge is 0.408 e. The fourth-order valence-corrected chi connectivity index (χ4v) is 4.11. The van der Waals surface area contributed by atoms with Crippen LogP contribution in [0.5, 0.6) is 5.75 Å². The number of aliphatic hydroxyl groups excluding tert-OH is 1. The van der Waals surface area contributed by atoms with Crippen molar-refractivity contribution in [3.63, 3.8) is 0 Å². The Labute approximate surface area is 222 Å². The molecule has 3 amide bonds. The number of benzene rings is 3. The van der Waals surface area contributed by atoms with Crippen molar-refractivity contribution in [3.8, 4) is 5.75 Å². The number of nitrogens with one attached hydrogen (secondary N) is 2. The molecule has 0 bridgehead atoms. The Hall–Kier alpha value is -4.11. The van der Waals surface area contributed by atoms with E-state index in [2.05, 4.69) is 10.6 Å². The lowest BCUT2D eigenvalue weighted by atomic mass is 10.0. The molecule has 3 rings (SSSR count). The van der Waals surface area contributed by atoms with Crippen molar-refractivity contribution in [1.82, 2.24) is 10.2 Å². The molecule has 2 atom stereocenters. The lowest BCUT2D eigenvalue weighted by molar-refractivity contribution is -0.143. The summed E-state index contributed by atoms with van der Waals surface area (Å²) in [7, 11) is 0. The molecule has 0 aliphatic carbocycles. The molecule has 0 aliphatic rings. The Morgan fingerprint density at radius 3 is 2.24 bits per heavy atom. The van der Waals surface area contributed by atoms with E-state index >= 15 is 0 Å². The maximum Gasteiger partial charge on any atom is 0.408 e. The molecule has 9 heteroatoms. The van der Waals surface area contributed by atoms with Gasteiger partial charge in [-0.15, -0.1) is 0 Å². The molecule has 9 nitrogen and oxygen atoms in total. The van der Waals surface area contributed by atoms with Gasteiger partial charge >= 0.3 is 6.09 Å². The van der Waals surface area contributed by atoms with Crippen molar-refractivity contribution in [1.29, 1.82) is 0 Å². The van der Waals surface area contributed by atoms with Crippen LogP contribution in [0.25, 0.3) is 10.8 Å². The van der Waals surface area contributed by atoms with E-state index in [0.29, 0.717) is 11.3 Å². The number of ether oxygens (including phenoxy) is 1. The highest BCUT2D eigenvalue weighted by Gasteiger charge is 2.37. The van der Waals surface area contributed by atoms with E-state index in [9.17, 15) is 24.6 Å². The number of phenolic OH excluding ortho intramolecular Hbond substituents is 1. The Morgan fingerprint density at radius 2 is 1.63 bits per heavy atom. The van der Waals surface area contributed by atoms with Gasteiger partial charge in [-0.05, 0) is 75.2 Å². The van der Waals surface area contributed by atoms with Gasteiger partial charge in [0.05, 0.1) is 6.61 Å². The number of carbonyl (C=O) groups is 3. The molecule has 0 radical (unpaired) electrons. The molecule has 202 valence electrons. The summed E-state index contributed by atoms with van der Waals surface area (Å²) in [6.07, 6.45) is -0.872. The van der Waals surface area contributed by atoms with Crippen molar-refractivity contribution < 1.29 is 29.3 Å². The Balaban J connectivity index is 1.97. The fourth-order valence-electron chi connectivity index (χ4n) is 4.11. The standard InChI is InChI=1S/C29H35N3O6/c1-18(2)32(27(36)24(17-33)31-28(37)38-29(3,4)5)25(21-11-8-12-23(34)16-21)26(35)30-22-14-13-19-9-6-7-10-20(19)15-22/h6-16,18,24-25,33-34H,17H2,1-5H3,(H,30,35)(H,31,37). The topological polar surface area (TPSA) is 128 Å². The first-order valence-corrected chi connectivity index (χ1v) is 12.4. The van der Waals surface area contributed by atoms with Crippen molar-refractivity contribution in [3.05, 3.63) is 72.3 Å². The van der Waals surface area contributed by atoms with E-state index in [1.165, 1.54) is 17.0 Å². The predicted octanol–water partition coefficient (Wildman–Crippen LogP) is 4.35. The quantitative estimate of drug-likeness (QED) is 0.349. The predicted molar refractivity (Wildman–Crippen MR) is 146 cm³/mol. The van der Waals surface area contributed by atoms with Crippen LogP contribution < -0.4 is 10.6 Å². The zero-order chi connectivity index (χ0) is 28.0. The second-order valence-corrected chi connectivity index (χ2v) is 10.3. The molecule has 38 heavy (non-hydrogen) atoms. The highest BCUT2D eigenvalue weighted by atomic mass is 16.6. The highest BCUT2D eigenvalue weighted by molar-refractivity contribution is 6.00. The van der Waals surface area contributed by atoms with Gasteiger partial charge in [-0.2, -0.15) is 0 Å². The molecule has 0 saturated carbocycles. The number of alkyl carbamates (subject to hydrolysis) is 1. The second-order valence-electron chi connectivity index (χ2n) is 10.3. The van der Waals surface area contributed by atoms with Gasteiger partial charge in [-0.1, -0.05) is 42.5 Å². The minimum atomic E-state index is -1.36. The number of anilines is 1. The summed E-state index contributed by atoms with van der Waals surface area (Å²) in [5.41, 5.74) is 0.0780. The van der Waals surface area contributed by atoms with Crippen LogP contribution in [0.4, 0.5) is 10.5 Å². The number of rotatable bonds is 8. The van der Waals surface area contributed by atoms with Crippen molar-refractivity contribution >= 4 is 34.4 Å². The minimum absolute atomic E-state index is 0.0762. The van der Waals surface area contributed by atoms with Gasteiger partial charge in [0.2, 0.25) is 5.91 Å². The molecular weight excluding hydrogens is 486 g/mol. The molecular formula is C29H35N3O6. The first kappa shape index (κ1) is 28.5. The van der Waals surface area contributed by atoms with Crippen LogP contribution in [-0.2, 0) is 14.3 Å². The van der Waals surface area contributed by atoms with Gasteiger partial charge in [0.25, 0.3) is 5.91 Å². The summed E-state index contributed by atoms with van der Waals surface area (Å²) in [6, 6.07) is 16.2. The van der Waals surface area contributed by atoms with Crippen LogP contribution in [0.15, 0.2) is 66.7 Å². The number of phenols is 1. The molecule has 0 aromatic heterocycles. The van der Waals surface area contributed by atoms with Crippen molar-refractivity contribution in [2.75, 3.05) is 11.9 Å². The molecule has 0 spiro atoms. The van der Waals surface area contributed by atoms with Crippen LogP contribution in [0.1, 0.15) is 46.2 Å². The van der Waals surface area contributed by atoms with E-state index in [4.69, 9.17) is 4.74 Å². The maximum absolute atomic E-state index is 13.8. The van der Waals surface area contributed by atoms with Gasteiger partial charge in [-0.3, -0.25) is 9.59 Å².